The molecule has 0 saturated carbocycles. The zero-order valence-corrected chi connectivity index (χ0v) is 30.1. The molecule has 2 heterocycles. The second-order valence-corrected chi connectivity index (χ2v) is 15.6. The average Bonchev–Trinajstić information content (AvgIpc) is 3.35. The van der Waals surface area contributed by atoms with E-state index in [1.807, 2.05) is 6.08 Å². The van der Waals surface area contributed by atoms with Crippen LogP contribution in [0, 0.1) is 6.92 Å². The molecule has 1 aliphatic carbocycles. The van der Waals surface area contributed by atoms with E-state index in [0.29, 0.717) is 13.0 Å². The topological polar surface area (TPSA) is 97.9 Å². The molecule has 49 heavy (non-hydrogen) atoms. The lowest BCUT2D eigenvalue weighted by Gasteiger charge is -2.27. The minimum Gasteiger partial charge on any atom is -0.481 e. The summed E-state index contributed by atoms with van der Waals surface area (Å²) in [6.45, 7) is 12.4. The Morgan fingerprint density at radius 3 is 2.41 bits per heavy atom. The van der Waals surface area contributed by atoms with Gasteiger partial charge in [0.2, 0.25) is 5.69 Å². The summed E-state index contributed by atoms with van der Waals surface area (Å²) in [4.78, 5) is 13.4. The normalized spacial score (nSPS) is 19.9. The molecule has 0 radical (unpaired) electrons. The highest BCUT2D eigenvalue weighted by Gasteiger charge is 2.45. The van der Waals surface area contributed by atoms with E-state index in [-0.39, 0.29) is 16.7 Å². The quantitative estimate of drug-likeness (QED) is 0.125. The van der Waals surface area contributed by atoms with Crippen LogP contribution in [0.1, 0.15) is 82.9 Å². The van der Waals surface area contributed by atoms with E-state index in [9.17, 15) is 17.8 Å². The summed E-state index contributed by atoms with van der Waals surface area (Å²) in [5, 5.41) is 9.09. The van der Waals surface area contributed by atoms with Crippen LogP contribution in [0.15, 0.2) is 113 Å². The summed E-state index contributed by atoms with van der Waals surface area (Å²) >= 11 is 0. The summed E-state index contributed by atoms with van der Waals surface area (Å²) in [6.07, 6.45) is 25.4. The van der Waals surface area contributed by atoms with Gasteiger partial charge in [-0.25, -0.2) is 0 Å². The van der Waals surface area contributed by atoms with E-state index in [0.717, 1.165) is 49.2 Å². The summed E-state index contributed by atoms with van der Waals surface area (Å²) in [6, 6.07) is 11.5. The molecule has 0 unspecified atom stereocenters. The van der Waals surface area contributed by atoms with Crippen molar-refractivity contribution in [3.05, 3.63) is 125 Å². The number of aryl methyl sites for hydroxylation is 1. The third-order valence-corrected chi connectivity index (χ3v) is 10.8. The molecule has 0 saturated heterocycles. The predicted octanol–water partition coefficient (Wildman–Crippen LogP) is 8.89. The Morgan fingerprint density at radius 1 is 0.898 bits per heavy atom. The van der Waals surface area contributed by atoms with Crippen LogP contribution in [0.25, 0.3) is 0 Å². The van der Waals surface area contributed by atoms with Gasteiger partial charge in [-0.3, -0.25) is 9.35 Å². The Balaban J connectivity index is 1.48. The first-order valence-electron chi connectivity index (χ1n) is 17.2. The van der Waals surface area contributed by atoms with Gasteiger partial charge in [-0.2, -0.15) is 13.0 Å². The van der Waals surface area contributed by atoms with Crippen LogP contribution in [-0.4, -0.2) is 47.4 Å². The van der Waals surface area contributed by atoms with Gasteiger partial charge in [0.15, 0.2) is 5.71 Å². The molecule has 7 nitrogen and oxygen atoms in total. The van der Waals surface area contributed by atoms with Gasteiger partial charge in [-0.1, -0.05) is 80.2 Å². The SMILES string of the molecule is Cc1ccc2c(c1)C(C)(C)C(=CC=CC1=[N+](CCCCCC(=O)O)c3ccc(S(=O)(=O)O)cc3C1(C)C)N2CCCC1=C/C=C\C=C/C=C1. The third kappa shape index (κ3) is 7.97. The van der Waals surface area contributed by atoms with Gasteiger partial charge >= 0.3 is 5.97 Å². The van der Waals surface area contributed by atoms with Crippen molar-refractivity contribution >= 4 is 33.2 Å². The molecule has 0 amide bonds. The Kier molecular flexibility index (Phi) is 10.8. The fourth-order valence-electron chi connectivity index (χ4n) is 7.25. The number of nitrogens with zero attached hydrogens (tertiary/aromatic N) is 2. The van der Waals surface area contributed by atoms with Gasteiger partial charge < -0.3 is 10.0 Å². The highest BCUT2D eigenvalue weighted by atomic mass is 32.2. The van der Waals surface area contributed by atoms with Crippen LogP contribution >= 0.6 is 0 Å². The largest absolute Gasteiger partial charge is 0.481 e. The molecule has 0 atom stereocenters. The number of carboxylic acids is 1. The van der Waals surface area contributed by atoms with Gasteiger partial charge in [-0.15, -0.1) is 0 Å². The number of allylic oxidation sites excluding steroid dienone is 12. The van der Waals surface area contributed by atoms with Crippen molar-refractivity contribution in [3.63, 3.8) is 0 Å². The molecule has 2 aliphatic heterocycles. The van der Waals surface area contributed by atoms with Crippen LogP contribution in [0.4, 0.5) is 11.4 Å². The molecule has 0 bridgehead atoms. The highest BCUT2D eigenvalue weighted by Crippen LogP contribution is 2.48. The number of rotatable bonds is 13. The zero-order valence-electron chi connectivity index (χ0n) is 29.3. The monoisotopic (exact) mass is 681 g/mol. The maximum absolute atomic E-state index is 12.1. The van der Waals surface area contributed by atoms with Crippen molar-refractivity contribution < 1.29 is 27.4 Å². The fraction of sp³-hybridized carbons (Fsp3) is 0.366. The van der Waals surface area contributed by atoms with Crippen LogP contribution in [-0.2, 0) is 25.7 Å². The summed E-state index contributed by atoms with van der Waals surface area (Å²) < 4.78 is 36.2. The summed E-state index contributed by atoms with van der Waals surface area (Å²) in [5.41, 5.74) is 8.29. The molecular formula is C41H49N2O5S+. The number of benzene rings is 2. The summed E-state index contributed by atoms with van der Waals surface area (Å²) in [5.74, 6) is -0.793. The van der Waals surface area contributed by atoms with Gasteiger partial charge in [0, 0.05) is 53.9 Å². The Hall–Kier alpha value is -4.27. The first-order valence-corrected chi connectivity index (χ1v) is 18.6. The Labute approximate surface area is 291 Å². The number of hydrogen-bond donors (Lipinski definition) is 2. The van der Waals surface area contributed by atoms with E-state index in [1.54, 1.807) is 12.1 Å². The minimum atomic E-state index is -4.37. The van der Waals surface area contributed by atoms with Crippen molar-refractivity contribution in [1.82, 2.24) is 0 Å². The molecule has 0 spiro atoms. The lowest BCUT2D eigenvalue weighted by atomic mass is 9.81. The van der Waals surface area contributed by atoms with Crippen LogP contribution < -0.4 is 4.90 Å². The maximum Gasteiger partial charge on any atom is 0.303 e. The van der Waals surface area contributed by atoms with Crippen LogP contribution in [0.2, 0.25) is 0 Å². The summed E-state index contributed by atoms with van der Waals surface area (Å²) in [7, 11) is -4.37. The van der Waals surface area contributed by atoms with Gasteiger partial charge in [-0.05, 0) is 81.9 Å². The fourth-order valence-corrected chi connectivity index (χ4v) is 7.76. The lowest BCUT2D eigenvalue weighted by Crippen LogP contribution is -2.28. The van der Waals surface area contributed by atoms with Crippen molar-refractivity contribution in [1.29, 1.82) is 0 Å². The van der Waals surface area contributed by atoms with Gasteiger partial charge in [0.05, 0.1) is 10.3 Å². The number of unbranched alkanes of at least 4 members (excludes halogenated alkanes) is 2. The van der Waals surface area contributed by atoms with Crippen molar-refractivity contribution in [2.24, 2.45) is 0 Å². The van der Waals surface area contributed by atoms with Crippen molar-refractivity contribution in [3.8, 4) is 0 Å². The zero-order chi connectivity index (χ0) is 35.4. The molecule has 0 aromatic heterocycles. The molecule has 258 valence electrons. The minimum absolute atomic E-state index is 0.123. The molecule has 5 rings (SSSR count). The van der Waals surface area contributed by atoms with Crippen LogP contribution in [0.5, 0.6) is 0 Å². The standard InChI is InChI=1S/C41H48N2O5S/c1-30-22-24-35-33(28-30)40(2,3)37(43(35)27-15-18-31-16-10-7-6-8-11-17-31)19-14-20-38-41(4,5)34-29-32(49(46,47)48)23-25-36(34)42(38)26-13-9-12-21-39(44)45/h6-8,10-11,14,16-17,19-20,22-25,28-29H,9,12-13,15,18,21,26-27H2,1-5H3,(H-,44,45,46,47,48)/p+1/b7-6-,8-6?,10-7?,11-8-,16-10?,17-11?,31-16?,31-17?. The number of aliphatic carboxylic acids is 1. The smallest absolute Gasteiger partial charge is 0.303 e. The first kappa shape index (κ1) is 36.0. The molecule has 8 heteroatoms. The number of carbonyl (C=O) groups is 1. The average molecular weight is 682 g/mol. The lowest BCUT2D eigenvalue weighted by molar-refractivity contribution is -0.438. The molecule has 0 fully saturated rings. The van der Waals surface area contributed by atoms with Gasteiger partial charge in [0.25, 0.3) is 10.1 Å². The Bertz CT molecular complexity index is 1940. The second kappa shape index (κ2) is 14.7. The maximum atomic E-state index is 12.1. The van der Waals surface area contributed by atoms with E-state index in [2.05, 4.69) is 117 Å². The highest BCUT2D eigenvalue weighted by molar-refractivity contribution is 7.85. The number of fused-ring (bicyclic) bond motifs is 2. The molecular weight excluding hydrogens is 633 g/mol. The second-order valence-electron chi connectivity index (χ2n) is 14.2. The van der Waals surface area contributed by atoms with E-state index in [1.165, 1.54) is 34.2 Å². The Morgan fingerprint density at radius 2 is 1.65 bits per heavy atom. The third-order valence-electron chi connectivity index (χ3n) is 9.90. The van der Waals surface area contributed by atoms with Crippen molar-refractivity contribution in [2.45, 2.75) is 88.9 Å². The van der Waals surface area contributed by atoms with Gasteiger partial charge in [0.1, 0.15) is 6.54 Å². The number of hydrogen-bond acceptors (Lipinski definition) is 4. The molecule has 2 N–H and O–H groups in total. The first-order chi connectivity index (χ1) is 23.2. The number of anilines is 1. The predicted molar refractivity (Wildman–Crippen MR) is 199 cm³/mol. The van der Waals surface area contributed by atoms with E-state index < -0.39 is 21.5 Å². The van der Waals surface area contributed by atoms with Crippen molar-refractivity contribution in [2.75, 3.05) is 18.0 Å². The number of carboxylic acid groups (broad SMARTS) is 1. The molecule has 2 aromatic carbocycles. The molecule has 3 aliphatic rings. The van der Waals surface area contributed by atoms with E-state index >= 15 is 0 Å². The van der Waals surface area contributed by atoms with E-state index in [4.69, 9.17) is 5.11 Å². The van der Waals surface area contributed by atoms with Crippen LogP contribution in [0.3, 0.4) is 0 Å². The molecule has 2 aromatic rings.